The predicted molar refractivity (Wildman–Crippen MR) is 68.3 cm³/mol. The van der Waals surface area contributed by atoms with Crippen LogP contribution < -0.4 is 5.73 Å². The molecule has 0 spiro atoms. The molecule has 92 valence electrons. The molecule has 3 nitrogen and oxygen atoms in total. The normalized spacial score (nSPS) is 16.6. The quantitative estimate of drug-likeness (QED) is 0.843. The molecule has 0 saturated heterocycles. The molecule has 1 amide bonds. The van der Waals surface area contributed by atoms with Gasteiger partial charge in [0.2, 0.25) is 5.91 Å². The molecular weight excluding hydrogens is 212 g/mol. The minimum absolute atomic E-state index is 0.0110. The van der Waals surface area contributed by atoms with Gasteiger partial charge in [-0.05, 0) is 17.9 Å². The molecule has 0 radical (unpaired) electrons. The fourth-order valence-electron chi connectivity index (χ4n) is 1.93. The molecule has 1 saturated carbocycles. The van der Waals surface area contributed by atoms with E-state index in [2.05, 4.69) is 0 Å². The Morgan fingerprint density at radius 2 is 2.06 bits per heavy atom. The summed E-state index contributed by atoms with van der Waals surface area (Å²) in [6.45, 7) is 0.823. The Kier molecular flexibility index (Phi) is 3.79. The summed E-state index contributed by atoms with van der Waals surface area (Å²) in [6, 6.07) is 9.02. The van der Waals surface area contributed by atoms with Crippen molar-refractivity contribution in [3.8, 4) is 0 Å². The van der Waals surface area contributed by atoms with Gasteiger partial charge in [-0.3, -0.25) is 4.79 Å². The number of rotatable bonds is 5. The van der Waals surface area contributed by atoms with Crippen molar-refractivity contribution in [3.63, 3.8) is 0 Å². The van der Waals surface area contributed by atoms with Crippen molar-refractivity contribution < 1.29 is 4.79 Å². The van der Waals surface area contributed by atoms with Crippen LogP contribution in [0.4, 0.5) is 0 Å². The van der Waals surface area contributed by atoms with E-state index >= 15 is 0 Å². The van der Waals surface area contributed by atoms with Crippen LogP contribution >= 0.6 is 0 Å². The third-order valence-corrected chi connectivity index (χ3v) is 3.37. The molecule has 0 bridgehead atoms. The Labute approximate surface area is 103 Å². The number of benzene rings is 1. The van der Waals surface area contributed by atoms with Gasteiger partial charge in [-0.15, -0.1) is 0 Å². The van der Waals surface area contributed by atoms with Gasteiger partial charge < -0.3 is 10.6 Å². The maximum atomic E-state index is 12.1. The van der Waals surface area contributed by atoms with Crippen molar-refractivity contribution >= 4 is 5.91 Å². The average molecular weight is 232 g/mol. The highest BCUT2D eigenvalue weighted by molar-refractivity contribution is 5.82. The van der Waals surface area contributed by atoms with E-state index in [1.165, 1.54) is 12.8 Å². The fraction of sp³-hybridized carbons (Fsp3) is 0.500. The van der Waals surface area contributed by atoms with Gasteiger partial charge in [0, 0.05) is 13.6 Å². The van der Waals surface area contributed by atoms with Crippen LogP contribution in [0.2, 0.25) is 0 Å². The van der Waals surface area contributed by atoms with E-state index in [0.717, 1.165) is 24.4 Å². The molecule has 17 heavy (non-hydrogen) atoms. The van der Waals surface area contributed by atoms with E-state index in [4.69, 9.17) is 5.73 Å². The molecule has 0 aliphatic heterocycles. The van der Waals surface area contributed by atoms with Gasteiger partial charge in [-0.25, -0.2) is 0 Å². The molecule has 2 N–H and O–H groups in total. The van der Waals surface area contributed by atoms with Crippen LogP contribution in [-0.4, -0.2) is 24.4 Å². The SMILES string of the molecule is CN(CCC1CC1)C(=O)C(N)c1ccccc1. The standard InChI is InChI=1S/C14H20N2O/c1-16(10-9-11-7-8-11)14(17)13(15)12-5-3-2-4-6-12/h2-6,11,13H,7-10,15H2,1H3. The van der Waals surface area contributed by atoms with Crippen LogP contribution in [0.15, 0.2) is 30.3 Å². The molecule has 1 unspecified atom stereocenters. The maximum Gasteiger partial charge on any atom is 0.243 e. The topological polar surface area (TPSA) is 46.3 Å². The largest absolute Gasteiger partial charge is 0.344 e. The predicted octanol–water partition coefficient (Wildman–Crippen LogP) is 1.94. The van der Waals surface area contributed by atoms with Crippen LogP contribution in [0.5, 0.6) is 0 Å². The number of nitrogens with zero attached hydrogens (tertiary/aromatic N) is 1. The van der Waals surface area contributed by atoms with Gasteiger partial charge in [0.05, 0.1) is 0 Å². The summed E-state index contributed by atoms with van der Waals surface area (Å²) in [5.74, 6) is 0.857. The van der Waals surface area contributed by atoms with Crippen molar-refractivity contribution in [2.75, 3.05) is 13.6 Å². The fourth-order valence-corrected chi connectivity index (χ4v) is 1.93. The van der Waals surface area contributed by atoms with Gasteiger partial charge in [-0.2, -0.15) is 0 Å². The van der Waals surface area contributed by atoms with Crippen LogP contribution in [-0.2, 0) is 4.79 Å². The van der Waals surface area contributed by atoms with Gasteiger partial charge in [0.25, 0.3) is 0 Å². The number of hydrogen-bond acceptors (Lipinski definition) is 2. The van der Waals surface area contributed by atoms with E-state index in [-0.39, 0.29) is 5.91 Å². The molecule has 1 aliphatic carbocycles. The first kappa shape index (κ1) is 12.1. The number of nitrogens with two attached hydrogens (primary N) is 1. The van der Waals surface area contributed by atoms with E-state index in [0.29, 0.717) is 0 Å². The molecule has 0 aromatic heterocycles. The second kappa shape index (κ2) is 5.32. The number of hydrogen-bond donors (Lipinski definition) is 1. The lowest BCUT2D eigenvalue weighted by atomic mass is 10.1. The van der Waals surface area contributed by atoms with Crippen molar-refractivity contribution in [1.29, 1.82) is 0 Å². The third-order valence-electron chi connectivity index (χ3n) is 3.37. The zero-order valence-electron chi connectivity index (χ0n) is 10.3. The lowest BCUT2D eigenvalue weighted by Gasteiger charge is -2.21. The minimum atomic E-state index is -0.527. The summed E-state index contributed by atoms with van der Waals surface area (Å²) in [4.78, 5) is 13.8. The Bertz CT molecular complexity index is 373. The third kappa shape index (κ3) is 3.30. The highest BCUT2D eigenvalue weighted by Crippen LogP contribution is 2.32. The zero-order chi connectivity index (χ0) is 12.3. The molecular formula is C14H20N2O. The highest BCUT2D eigenvalue weighted by Gasteiger charge is 2.24. The Morgan fingerprint density at radius 1 is 1.41 bits per heavy atom. The molecule has 1 aromatic carbocycles. The number of amides is 1. The summed E-state index contributed by atoms with van der Waals surface area (Å²) in [6.07, 6.45) is 3.77. The smallest absolute Gasteiger partial charge is 0.243 e. The summed E-state index contributed by atoms with van der Waals surface area (Å²) in [5, 5.41) is 0. The Hall–Kier alpha value is -1.35. The summed E-state index contributed by atoms with van der Waals surface area (Å²) in [5.41, 5.74) is 6.86. The Morgan fingerprint density at radius 3 is 2.65 bits per heavy atom. The van der Waals surface area contributed by atoms with Crippen molar-refractivity contribution in [2.45, 2.75) is 25.3 Å². The van der Waals surface area contributed by atoms with E-state index < -0.39 is 6.04 Å². The van der Waals surface area contributed by atoms with Crippen LogP contribution in [0, 0.1) is 5.92 Å². The number of carbonyl (C=O) groups is 1. The Balaban J connectivity index is 1.89. The second-order valence-electron chi connectivity index (χ2n) is 4.88. The van der Waals surface area contributed by atoms with Gasteiger partial charge in [0.1, 0.15) is 6.04 Å². The van der Waals surface area contributed by atoms with Gasteiger partial charge >= 0.3 is 0 Å². The minimum Gasteiger partial charge on any atom is -0.344 e. The molecule has 2 rings (SSSR count). The van der Waals surface area contributed by atoms with Crippen LogP contribution in [0.25, 0.3) is 0 Å². The number of likely N-dealkylation sites (N-methyl/N-ethyl adjacent to an activating group) is 1. The zero-order valence-corrected chi connectivity index (χ0v) is 10.3. The first-order valence-electron chi connectivity index (χ1n) is 6.24. The number of carbonyl (C=O) groups excluding carboxylic acids is 1. The van der Waals surface area contributed by atoms with Crippen LogP contribution in [0.1, 0.15) is 30.9 Å². The molecule has 1 fully saturated rings. The van der Waals surface area contributed by atoms with Crippen molar-refractivity contribution in [1.82, 2.24) is 4.90 Å². The summed E-state index contributed by atoms with van der Waals surface area (Å²) < 4.78 is 0. The van der Waals surface area contributed by atoms with Gasteiger partial charge in [0.15, 0.2) is 0 Å². The first-order chi connectivity index (χ1) is 8.18. The van der Waals surface area contributed by atoms with Crippen molar-refractivity contribution in [3.05, 3.63) is 35.9 Å². The average Bonchev–Trinajstić information content (AvgIpc) is 3.19. The van der Waals surface area contributed by atoms with Crippen LogP contribution in [0.3, 0.4) is 0 Å². The first-order valence-corrected chi connectivity index (χ1v) is 6.24. The van der Waals surface area contributed by atoms with Gasteiger partial charge in [-0.1, -0.05) is 43.2 Å². The lowest BCUT2D eigenvalue weighted by Crippen LogP contribution is -2.36. The monoisotopic (exact) mass is 232 g/mol. The molecule has 1 aromatic rings. The highest BCUT2D eigenvalue weighted by atomic mass is 16.2. The van der Waals surface area contributed by atoms with Crippen molar-refractivity contribution in [2.24, 2.45) is 11.7 Å². The molecule has 0 heterocycles. The second-order valence-corrected chi connectivity index (χ2v) is 4.88. The summed E-state index contributed by atoms with van der Waals surface area (Å²) in [7, 11) is 1.84. The van der Waals surface area contributed by atoms with E-state index in [1.807, 2.05) is 37.4 Å². The molecule has 1 atom stereocenters. The lowest BCUT2D eigenvalue weighted by molar-refractivity contribution is -0.131. The molecule has 1 aliphatic rings. The summed E-state index contributed by atoms with van der Waals surface area (Å²) >= 11 is 0. The van der Waals surface area contributed by atoms with E-state index in [9.17, 15) is 4.79 Å². The van der Waals surface area contributed by atoms with E-state index in [1.54, 1.807) is 4.90 Å². The molecule has 3 heteroatoms. The maximum absolute atomic E-state index is 12.1.